The number of carbonyl (C=O) groups excluding carboxylic acids is 2. The van der Waals surface area contributed by atoms with Gasteiger partial charge in [0.2, 0.25) is 11.8 Å². The van der Waals surface area contributed by atoms with Crippen molar-refractivity contribution in [3.63, 3.8) is 0 Å². The SMILES string of the molecule is NC(=O)C1CCN(C(=O)C2CCCN2S(=O)(=O)c2cccs2)CC1. The molecule has 9 heteroatoms. The molecule has 0 bridgehead atoms. The zero-order chi connectivity index (χ0) is 17.3. The first kappa shape index (κ1) is 17.4. The molecule has 24 heavy (non-hydrogen) atoms. The molecule has 2 N–H and O–H groups in total. The number of likely N-dealkylation sites (tertiary alicyclic amines) is 1. The van der Waals surface area contributed by atoms with Gasteiger partial charge in [-0.3, -0.25) is 9.59 Å². The van der Waals surface area contributed by atoms with Crippen LogP contribution in [-0.4, -0.2) is 55.1 Å². The van der Waals surface area contributed by atoms with Crippen LogP contribution >= 0.6 is 11.3 Å². The van der Waals surface area contributed by atoms with Gasteiger partial charge in [0, 0.05) is 25.6 Å². The van der Waals surface area contributed by atoms with Gasteiger partial charge in [-0.25, -0.2) is 8.42 Å². The van der Waals surface area contributed by atoms with E-state index >= 15 is 0 Å². The number of thiophene rings is 1. The maximum atomic E-state index is 12.8. The van der Waals surface area contributed by atoms with E-state index in [1.54, 1.807) is 22.4 Å². The Bertz CT molecular complexity index is 709. The second-order valence-electron chi connectivity index (χ2n) is 6.21. The van der Waals surface area contributed by atoms with Crippen molar-refractivity contribution in [2.24, 2.45) is 11.7 Å². The van der Waals surface area contributed by atoms with Crippen LogP contribution in [0, 0.1) is 5.92 Å². The highest BCUT2D eigenvalue weighted by Crippen LogP contribution is 2.30. The summed E-state index contributed by atoms with van der Waals surface area (Å²) in [6.45, 7) is 1.28. The molecule has 7 nitrogen and oxygen atoms in total. The molecule has 2 amide bonds. The van der Waals surface area contributed by atoms with Crippen LogP contribution in [0.5, 0.6) is 0 Å². The number of rotatable bonds is 4. The lowest BCUT2D eigenvalue weighted by Crippen LogP contribution is -2.50. The molecule has 132 valence electrons. The fourth-order valence-corrected chi connectivity index (χ4v) is 6.17. The van der Waals surface area contributed by atoms with Gasteiger partial charge in [0.1, 0.15) is 10.3 Å². The number of nitrogens with zero attached hydrogens (tertiary/aromatic N) is 2. The van der Waals surface area contributed by atoms with Gasteiger partial charge in [0.15, 0.2) is 0 Å². The predicted octanol–water partition coefficient (Wildman–Crippen LogP) is 0.625. The van der Waals surface area contributed by atoms with Gasteiger partial charge >= 0.3 is 0 Å². The Morgan fingerprint density at radius 3 is 2.46 bits per heavy atom. The van der Waals surface area contributed by atoms with Crippen molar-refractivity contribution in [3.8, 4) is 0 Å². The summed E-state index contributed by atoms with van der Waals surface area (Å²) in [5.74, 6) is -0.677. The van der Waals surface area contributed by atoms with Gasteiger partial charge in [-0.15, -0.1) is 11.3 Å². The number of sulfonamides is 1. The highest BCUT2D eigenvalue weighted by molar-refractivity contribution is 7.91. The first-order valence-corrected chi connectivity index (χ1v) is 10.4. The van der Waals surface area contributed by atoms with E-state index in [9.17, 15) is 18.0 Å². The van der Waals surface area contributed by atoms with Gasteiger partial charge in [-0.1, -0.05) is 6.07 Å². The van der Waals surface area contributed by atoms with E-state index in [1.807, 2.05) is 0 Å². The molecule has 0 saturated carbocycles. The molecular formula is C15H21N3O4S2. The largest absolute Gasteiger partial charge is 0.369 e. The van der Waals surface area contributed by atoms with Gasteiger partial charge < -0.3 is 10.6 Å². The summed E-state index contributed by atoms with van der Waals surface area (Å²) in [6.07, 6.45) is 2.31. The van der Waals surface area contributed by atoms with Crippen LogP contribution in [0.25, 0.3) is 0 Å². The Morgan fingerprint density at radius 2 is 1.88 bits per heavy atom. The van der Waals surface area contributed by atoms with Crippen LogP contribution in [0.15, 0.2) is 21.7 Å². The molecule has 2 aliphatic rings. The summed E-state index contributed by atoms with van der Waals surface area (Å²) < 4.78 is 27.1. The highest BCUT2D eigenvalue weighted by atomic mass is 32.2. The molecule has 3 rings (SSSR count). The number of amides is 2. The predicted molar refractivity (Wildman–Crippen MR) is 89.7 cm³/mol. The second-order valence-corrected chi connectivity index (χ2v) is 9.27. The minimum Gasteiger partial charge on any atom is -0.369 e. The molecule has 1 atom stereocenters. The van der Waals surface area contributed by atoms with Crippen LogP contribution in [0.4, 0.5) is 0 Å². The first-order valence-electron chi connectivity index (χ1n) is 8.04. The summed E-state index contributed by atoms with van der Waals surface area (Å²) in [7, 11) is -3.62. The smallest absolute Gasteiger partial charge is 0.253 e. The van der Waals surface area contributed by atoms with Crippen LogP contribution in [0.3, 0.4) is 0 Å². The van der Waals surface area contributed by atoms with Crippen LogP contribution < -0.4 is 5.73 Å². The first-order chi connectivity index (χ1) is 11.4. The summed E-state index contributed by atoms with van der Waals surface area (Å²) in [6, 6.07) is 2.62. The molecule has 3 heterocycles. The van der Waals surface area contributed by atoms with E-state index in [-0.39, 0.29) is 21.9 Å². The van der Waals surface area contributed by atoms with E-state index in [0.29, 0.717) is 45.3 Å². The minimum absolute atomic E-state index is 0.157. The fourth-order valence-electron chi connectivity index (χ4n) is 3.40. The highest BCUT2D eigenvalue weighted by Gasteiger charge is 2.42. The molecule has 0 radical (unpaired) electrons. The average molecular weight is 371 g/mol. The molecule has 1 aromatic heterocycles. The average Bonchev–Trinajstić information content (AvgIpc) is 3.26. The van der Waals surface area contributed by atoms with Crippen molar-refractivity contribution in [3.05, 3.63) is 17.5 Å². The number of piperidine rings is 1. The Hall–Kier alpha value is -1.45. The van der Waals surface area contributed by atoms with Crippen molar-refractivity contribution < 1.29 is 18.0 Å². The molecule has 2 aliphatic heterocycles. The molecule has 2 saturated heterocycles. The normalized spacial score (nSPS) is 23.5. The number of hydrogen-bond acceptors (Lipinski definition) is 5. The van der Waals surface area contributed by atoms with Gasteiger partial charge in [0.25, 0.3) is 10.0 Å². The maximum Gasteiger partial charge on any atom is 0.253 e. The Balaban J connectivity index is 1.72. The lowest BCUT2D eigenvalue weighted by atomic mass is 9.96. The number of nitrogens with two attached hydrogens (primary N) is 1. The standard InChI is InChI=1S/C15H21N3O4S2/c16-14(19)11-5-8-17(9-6-11)15(20)12-3-1-7-18(12)24(21,22)13-4-2-10-23-13/h2,4,10-12H,1,3,5-9H2,(H2,16,19). The number of primary amides is 1. The van der Waals surface area contributed by atoms with E-state index in [4.69, 9.17) is 5.73 Å². The lowest BCUT2D eigenvalue weighted by molar-refractivity contribution is -0.137. The fraction of sp³-hybridized carbons (Fsp3) is 0.600. The van der Waals surface area contributed by atoms with Crippen LogP contribution in [0.2, 0.25) is 0 Å². The Kier molecular flexibility index (Phi) is 4.93. The van der Waals surface area contributed by atoms with Gasteiger partial charge in [-0.05, 0) is 37.1 Å². The monoisotopic (exact) mass is 371 g/mol. The quantitative estimate of drug-likeness (QED) is 0.838. The summed E-state index contributed by atoms with van der Waals surface area (Å²) in [4.78, 5) is 25.7. The zero-order valence-corrected chi connectivity index (χ0v) is 14.9. The molecule has 0 spiro atoms. The number of hydrogen-bond donors (Lipinski definition) is 1. The Morgan fingerprint density at radius 1 is 1.17 bits per heavy atom. The van der Waals surface area contributed by atoms with E-state index < -0.39 is 16.1 Å². The summed E-state index contributed by atoms with van der Waals surface area (Å²) in [5.41, 5.74) is 5.32. The number of carbonyl (C=O) groups is 2. The van der Waals surface area contributed by atoms with E-state index in [2.05, 4.69) is 0 Å². The van der Waals surface area contributed by atoms with Crippen molar-refractivity contribution >= 4 is 33.2 Å². The van der Waals surface area contributed by atoms with Crippen LogP contribution in [0.1, 0.15) is 25.7 Å². The third kappa shape index (κ3) is 3.20. The molecule has 0 aliphatic carbocycles. The topological polar surface area (TPSA) is 101 Å². The maximum absolute atomic E-state index is 12.8. The van der Waals surface area contributed by atoms with Crippen molar-refractivity contribution in [2.45, 2.75) is 35.9 Å². The summed E-state index contributed by atoms with van der Waals surface area (Å²) >= 11 is 1.16. The van der Waals surface area contributed by atoms with Crippen LogP contribution in [-0.2, 0) is 19.6 Å². The van der Waals surface area contributed by atoms with Gasteiger partial charge in [0.05, 0.1) is 0 Å². The van der Waals surface area contributed by atoms with Crippen molar-refractivity contribution in [1.29, 1.82) is 0 Å². The molecule has 0 aromatic carbocycles. The van der Waals surface area contributed by atoms with Crippen molar-refractivity contribution in [1.82, 2.24) is 9.21 Å². The van der Waals surface area contributed by atoms with Crippen molar-refractivity contribution in [2.75, 3.05) is 19.6 Å². The second kappa shape index (κ2) is 6.81. The molecular weight excluding hydrogens is 350 g/mol. The lowest BCUT2D eigenvalue weighted by Gasteiger charge is -2.34. The zero-order valence-electron chi connectivity index (χ0n) is 13.3. The molecule has 2 fully saturated rings. The van der Waals surface area contributed by atoms with Gasteiger partial charge in [-0.2, -0.15) is 4.31 Å². The molecule has 1 unspecified atom stereocenters. The van der Waals surface area contributed by atoms with E-state index in [1.165, 1.54) is 4.31 Å². The Labute approximate surface area is 145 Å². The third-order valence-corrected chi connectivity index (χ3v) is 8.04. The van der Waals surface area contributed by atoms with E-state index in [0.717, 1.165) is 11.3 Å². The minimum atomic E-state index is -3.62. The molecule has 1 aromatic rings. The summed E-state index contributed by atoms with van der Waals surface area (Å²) in [5, 5.41) is 1.72. The third-order valence-electron chi connectivity index (χ3n) is 4.76.